The van der Waals surface area contributed by atoms with Crippen molar-refractivity contribution in [1.29, 1.82) is 0 Å². The maximum Gasteiger partial charge on any atom is 0.256 e. The number of amides is 1. The van der Waals surface area contributed by atoms with Gasteiger partial charge in [-0.25, -0.2) is 4.39 Å². The number of hydrogen-bond donors (Lipinski definition) is 1. The summed E-state index contributed by atoms with van der Waals surface area (Å²) in [5.41, 5.74) is 6.04. The average molecular weight is 236 g/mol. The molecule has 0 bridgehead atoms. The van der Waals surface area contributed by atoms with E-state index in [1.54, 1.807) is 11.9 Å². The molecule has 1 aromatic carbocycles. The largest absolute Gasteiger partial charge is 0.399 e. The Morgan fingerprint density at radius 1 is 1.53 bits per heavy atom. The third kappa shape index (κ3) is 2.57. The molecule has 0 aliphatic heterocycles. The van der Waals surface area contributed by atoms with Gasteiger partial charge in [0.15, 0.2) is 0 Å². The van der Waals surface area contributed by atoms with Crippen LogP contribution in [0.5, 0.6) is 0 Å². The summed E-state index contributed by atoms with van der Waals surface area (Å²) >= 11 is 0. The van der Waals surface area contributed by atoms with Crippen LogP contribution < -0.4 is 5.73 Å². The highest BCUT2D eigenvalue weighted by atomic mass is 19.1. The minimum Gasteiger partial charge on any atom is -0.399 e. The molecule has 0 radical (unpaired) electrons. The first-order chi connectivity index (χ1) is 8.08. The number of rotatable bonds is 3. The SMILES string of the molecule is CN(CC1CCC1)C(=O)c1cc(N)ccc1F. The molecule has 0 spiro atoms. The third-order valence-electron chi connectivity index (χ3n) is 3.32. The molecule has 2 N–H and O–H groups in total. The van der Waals surface area contributed by atoms with E-state index in [-0.39, 0.29) is 11.5 Å². The molecule has 2 rings (SSSR count). The highest BCUT2D eigenvalue weighted by molar-refractivity contribution is 5.95. The van der Waals surface area contributed by atoms with Crippen molar-refractivity contribution in [2.75, 3.05) is 19.3 Å². The minimum absolute atomic E-state index is 0.0619. The van der Waals surface area contributed by atoms with Crippen LogP contribution in [0.15, 0.2) is 18.2 Å². The lowest BCUT2D eigenvalue weighted by molar-refractivity contribution is 0.0740. The molecule has 1 aliphatic carbocycles. The second-order valence-corrected chi connectivity index (χ2v) is 4.72. The molecule has 1 aromatic rings. The quantitative estimate of drug-likeness (QED) is 0.818. The fraction of sp³-hybridized carbons (Fsp3) is 0.462. The molecule has 0 aromatic heterocycles. The number of benzene rings is 1. The van der Waals surface area contributed by atoms with E-state index in [9.17, 15) is 9.18 Å². The van der Waals surface area contributed by atoms with Gasteiger partial charge in [0.2, 0.25) is 0 Å². The van der Waals surface area contributed by atoms with Crippen LogP contribution in [0, 0.1) is 11.7 Å². The zero-order valence-corrected chi connectivity index (χ0v) is 9.95. The third-order valence-corrected chi connectivity index (χ3v) is 3.32. The molecule has 1 saturated carbocycles. The first-order valence-electron chi connectivity index (χ1n) is 5.88. The van der Waals surface area contributed by atoms with E-state index in [4.69, 9.17) is 5.73 Å². The number of hydrogen-bond acceptors (Lipinski definition) is 2. The lowest BCUT2D eigenvalue weighted by atomic mass is 9.85. The van der Waals surface area contributed by atoms with Gasteiger partial charge in [0.1, 0.15) is 5.82 Å². The minimum atomic E-state index is -0.510. The highest BCUT2D eigenvalue weighted by Crippen LogP contribution is 2.27. The van der Waals surface area contributed by atoms with Gasteiger partial charge < -0.3 is 10.6 Å². The summed E-state index contributed by atoms with van der Waals surface area (Å²) in [4.78, 5) is 13.6. The summed E-state index contributed by atoms with van der Waals surface area (Å²) in [5.74, 6) is -0.223. The summed E-state index contributed by atoms with van der Waals surface area (Å²) in [5, 5.41) is 0. The molecule has 1 aliphatic rings. The zero-order chi connectivity index (χ0) is 12.4. The molecular formula is C13H17FN2O. The molecule has 1 amide bonds. The number of nitrogens with two attached hydrogens (primary N) is 1. The highest BCUT2D eigenvalue weighted by Gasteiger charge is 2.23. The first kappa shape index (κ1) is 11.9. The summed E-state index contributed by atoms with van der Waals surface area (Å²) in [7, 11) is 1.71. The zero-order valence-electron chi connectivity index (χ0n) is 9.95. The molecule has 92 valence electrons. The average Bonchev–Trinajstić information content (AvgIpc) is 2.25. The van der Waals surface area contributed by atoms with Crippen molar-refractivity contribution in [2.45, 2.75) is 19.3 Å². The number of carbonyl (C=O) groups is 1. The van der Waals surface area contributed by atoms with Gasteiger partial charge in [-0.15, -0.1) is 0 Å². The lowest BCUT2D eigenvalue weighted by Gasteiger charge is -2.30. The maximum atomic E-state index is 13.5. The second-order valence-electron chi connectivity index (χ2n) is 4.72. The maximum absolute atomic E-state index is 13.5. The smallest absolute Gasteiger partial charge is 0.256 e. The van der Waals surface area contributed by atoms with E-state index in [1.807, 2.05) is 0 Å². The molecular weight excluding hydrogens is 219 g/mol. The van der Waals surface area contributed by atoms with E-state index in [1.165, 1.54) is 24.6 Å². The second kappa shape index (κ2) is 4.73. The van der Waals surface area contributed by atoms with Gasteiger partial charge in [-0.05, 0) is 37.0 Å². The number of nitrogens with zero attached hydrogens (tertiary/aromatic N) is 1. The van der Waals surface area contributed by atoms with Crippen LogP contribution in [0.1, 0.15) is 29.6 Å². The summed E-state index contributed by atoms with van der Waals surface area (Å²) in [6, 6.07) is 4.09. The fourth-order valence-electron chi connectivity index (χ4n) is 2.06. The molecule has 3 nitrogen and oxygen atoms in total. The Bertz CT molecular complexity index is 429. The standard InChI is InChI=1S/C13H17FN2O/c1-16(8-9-3-2-4-9)13(17)11-7-10(15)5-6-12(11)14/h5-7,9H,2-4,8,15H2,1H3. The number of anilines is 1. The van der Waals surface area contributed by atoms with E-state index in [0.717, 1.165) is 12.8 Å². The van der Waals surface area contributed by atoms with Crippen LogP contribution in [0.3, 0.4) is 0 Å². The van der Waals surface area contributed by atoms with E-state index < -0.39 is 5.82 Å². The van der Waals surface area contributed by atoms with Crippen molar-refractivity contribution >= 4 is 11.6 Å². The van der Waals surface area contributed by atoms with Gasteiger partial charge >= 0.3 is 0 Å². The number of halogens is 1. The summed E-state index contributed by atoms with van der Waals surface area (Å²) < 4.78 is 13.5. The number of nitrogen functional groups attached to an aromatic ring is 1. The van der Waals surface area contributed by atoms with Crippen LogP contribution in [0.4, 0.5) is 10.1 Å². The predicted octanol–water partition coefficient (Wildman–Crippen LogP) is 2.28. The summed E-state index contributed by atoms with van der Waals surface area (Å²) in [6.45, 7) is 0.701. The van der Waals surface area contributed by atoms with Crippen molar-refractivity contribution in [3.63, 3.8) is 0 Å². The molecule has 0 atom stereocenters. The summed E-state index contributed by atoms with van der Waals surface area (Å²) in [6.07, 6.45) is 3.56. The van der Waals surface area contributed by atoms with Crippen molar-refractivity contribution in [3.8, 4) is 0 Å². The van der Waals surface area contributed by atoms with E-state index >= 15 is 0 Å². The fourth-order valence-corrected chi connectivity index (χ4v) is 2.06. The van der Waals surface area contributed by atoms with Crippen molar-refractivity contribution in [3.05, 3.63) is 29.6 Å². The molecule has 1 fully saturated rings. The molecule has 4 heteroatoms. The Balaban J connectivity index is 2.09. The van der Waals surface area contributed by atoms with Crippen molar-refractivity contribution < 1.29 is 9.18 Å². The Hall–Kier alpha value is -1.58. The van der Waals surface area contributed by atoms with Crippen molar-refractivity contribution in [2.24, 2.45) is 5.92 Å². The molecule has 0 unspecified atom stereocenters. The Labute approximate surface area is 100 Å². The topological polar surface area (TPSA) is 46.3 Å². The van der Waals surface area contributed by atoms with Gasteiger partial charge in [-0.1, -0.05) is 6.42 Å². The van der Waals surface area contributed by atoms with Gasteiger partial charge in [0, 0.05) is 19.3 Å². The van der Waals surface area contributed by atoms with Gasteiger partial charge in [0.25, 0.3) is 5.91 Å². The number of carbonyl (C=O) groups excluding carboxylic acids is 1. The van der Waals surface area contributed by atoms with Crippen molar-refractivity contribution in [1.82, 2.24) is 4.90 Å². The Kier molecular flexibility index (Phi) is 3.31. The molecule has 0 heterocycles. The van der Waals surface area contributed by atoms with Crippen LogP contribution in [0.2, 0.25) is 0 Å². The Morgan fingerprint density at radius 3 is 2.82 bits per heavy atom. The van der Waals surface area contributed by atoms with Crippen LogP contribution >= 0.6 is 0 Å². The molecule has 17 heavy (non-hydrogen) atoms. The lowest BCUT2D eigenvalue weighted by Crippen LogP contribution is -2.34. The predicted molar refractivity (Wildman–Crippen MR) is 65.1 cm³/mol. The van der Waals surface area contributed by atoms with Crippen LogP contribution in [-0.4, -0.2) is 24.4 Å². The van der Waals surface area contributed by atoms with Crippen LogP contribution in [0.25, 0.3) is 0 Å². The van der Waals surface area contributed by atoms with Gasteiger partial charge in [-0.2, -0.15) is 0 Å². The van der Waals surface area contributed by atoms with E-state index in [0.29, 0.717) is 18.2 Å². The molecule has 0 saturated heterocycles. The van der Waals surface area contributed by atoms with E-state index in [2.05, 4.69) is 0 Å². The van der Waals surface area contributed by atoms with Crippen LogP contribution in [-0.2, 0) is 0 Å². The first-order valence-corrected chi connectivity index (χ1v) is 5.88. The Morgan fingerprint density at radius 2 is 2.24 bits per heavy atom. The van der Waals surface area contributed by atoms with Gasteiger partial charge in [-0.3, -0.25) is 4.79 Å². The normalized spacial score (nSPS) is 15.4. The van der Waals surface area contributed by atoms with Gasteiger partial charge in [0.05, 0.1) is 5.56 Å². The monoisotopic (exact) mass is 236 g/mol.